The maximum absolute atomic E-state index is 2.57. The van der Waals surface area contributed by atoms with Gasteiger partial charge in [0, 0.05) is 6.07 Å². The van der Waals surface area contributed by atoms with E-state index in [1.165, 1.54) is 38.7 Å². The van der Waals surface area contributed by atoms with Gasteiger partial charge in [0.15, 0.2) is 6.20 Å². The highest BCUT2D eigenvalue weighted by atomic mass is 28.3. The van der Waals surface area contributed by atoms with Crippen molar-refractivity contribution < 1.29 is 4.57 Å². The minimum atomic E-state index is -1.83. The molecule has 0 aliphatic carbocycles. The van der Waals surface area contributed by atoms with Crippen molar-refractivity contribution >= 4 is 24.0 Å². The van der Waals surface area contributed by atoms with E-state index >= 15 is 0 Å². The highest BCUT2D eigenvalue weighted by molar-refractivity contribution is 6.95. The number of fused-ring (bicyclic) bond motifs is 1. The first-order chi connectivity index (χ1) is 15.8. The Morgan fingerprint density at radius 2 is 1.35 bits per heavy atom. The van der Waals surface area contributed by atoms with Crippen LogP contribution in [0.5, 0.6) is 0 Å². The molecular formula is C32H40NSi+. The van der Waals surface area contributed by atoms with Crippen molar-refractivity contribution in [2.45, 2.75) is 65.1 Å². The van der Waals surface area contributed by atoms with Gasteiger partial charge >= 0.3 is 0 Å². The van der Waals surface area contributed by atoms with Crippen molar-refractivity contribution in [1.29, 1.82) is 0 Å². The van der Waals surface area contributed by atoms with Crippen LogP contribution >= 0.6 is 0 Å². The van der Waals surface area contributed by atoms with E-state index in [0.29, 0.717) is 0 Å². The first kappa shape index (κ1) is 24.4. The van der Waals surface area contributed by atoms with Crippen molar-refractivity contribution in [3.63, 3.8) is 0 Å². The minimum absolute atomic E-state index is 0.266. The lowest BCUT2D eigenvalue weighted by Crippen LogP contribution is -2.58. The van der Waals surface area contributed by atoms with Gasteiger partial charge in [-0.1, -0.05) is 108 Å². The zero-order chi connectivity index (χ0) is 24.9. The standard InChI is InChI=1S/C32H40NSi/c1-23-15-16-25(24-13-11-10-12-14-24)22-29(23)30-28-18-17-27(21-26(28)19-20-33(30)8)34(9,31(2,3)4)32(5,6)7/h10-22H,1-9H3/q+1. The molecule has 0 spiro atoms. The van der Waals surface area contributed by atoms with Crippen molar-refractivity contribution in [3.8, 4) is 22.4 Å². The number of benzene rings is 3. The lowest BCUT2D eigenvalue weighted by molar-refractivity contribution is -0.659. The summed E-state index contributed by atoms with van der Waals surface area (Å²) in [6, 6.07) is 27.1. The Bertz CT molecular complexity index is 1320. The first-order valence-electron chi connectivity index (χ1n) is 12.4. The summed E-state index contributed by atoms with van der Waals surface area (Å²) in [4.78, 5) is 0. The number of hydrogen-bond acceptors (Lipinski definition) is 0. The van der Waals surface area contributed by atoms with Crippen molar-refractivity contribution in [3.05, 3.63) is 84.6 Å². The van der Waals surface area contributed by atoms with Crippen LogP contribution in [-0.2, 0) is 7.05 Å². The molecule has 0 N–H and O–H groups in total. The summed E-state index contributed by atoms with van der Waals surface area (Å²) in [6.45, 7) is 19.4. The monoisotopic (exact) mass is 466 g/mol. The van der Waals surface area contributed by atoms with E-state index in [0.717, 1.165) is 0 Å². The molecule has 1 nitrogen and oxygen atoms in total. The van der Waals surface area contributed by atoms with Crippen LogP contribution in [-0.4, -0.2) is 8.07 Å². The number of aromatic nitrogens is 1. The van der Waals surface area contributed by atoms with Crippen LogP contribution in [0.3, 0.4) is 0 Å². The largest absolute Gasteiger partial charge is 0.220 e. The molecule has 3 aromatic carbocycles. The topological polar surface area (TPSA) is 3.88 Å². The number of rotatable bonds is 3. The van der Waals surface area contributed by atoms with Crippen LogP contribution < -0.4 is 9.75 Å². The summed E-state index contributed by atoms with van der Waals surface area (Å²) in [5.41, 5.74) is 6.40. The zero-order valence-electron chi connectivity index (χ0n) is 22.5. The zero-order valence-corrected chi connectivity index (χ0v) is 23.5. The smallest absolute Gasteiger partial charge is 0.200 e. The molecule has 176 valence electrons. The average Bonchev–Trinajstić information content (AvgIpc) is 2.78. The normalized spacial score (nSPS) is 12.9. The fourth-order valence-corrected chi connectivity index (χ4v) is 10.5. The van der Waals surface area contributed by atoms with E-state index in [-0.39, 0.29) is 10.1 Å². The van der Waals surface area contributed by atoms with Crippen LogP contribution in [0, 0.1) is 6.92 Å². The first-order valence-corrected chi connectivity index (χ1v) is 14.9. The second-order valence-corrected chi connectivity index (χ2v) is 17.9. The van der Waals surface area contributed by atoms with E-state index in [1.54, 1.807) is 5.19 Å². The molecule has 0 aliphatic rings. The SMILES string of the molecule is Cc1ccc(-c2ccccc2)cc1-c1c2ccc([Si](C)(C(C)(C)C)C(C)(C)C)cc2cc[n+]1C. The van der Waals surface area contributed by atoms with Gasteiger partial charge in [-0.25, -0.2) is 4.57 Å². The van der Waals surface area contributed by atoms with Gasteiger partial charge in [-0.3, -0.25) is 0 Å². The quantitative estimate of drug-likeness (QED) is 0.212. The van der Waals surface area contributed by atoms with Gasteiger partial charge in [0.05, 0.1) is 19.0 Å². The molecule has 0 unspecified atom stereocenters. The maximum Gasteiger partial charge on any atom is 0.220 e. The Morgan fingerprint density at radius 3 is 1.97 bits per heavy atom. The van der Waals surface area contributed by atoms with Gasteiger partial charge in [-0.15, -0.1) is 0 Å². The van der Waals surface area contributed by atoms with Crippen molar-refractivity contribution in [1.82, 2.24) is 0 Å². The van der Waals surface area contributed by atoms with Gasteiger partial charge in [0.25, 0.3) is 0 Å². The van der Waals surface area contributed by atoms with E-state index < -0.39 is 8.07 Å². The Hall–Kier alpha value is -2.71. The molecule has 0 saturated carbocycles. The second-order valence-electron chi connectivity index (χ2n) is 12.1. The summed E-state index contributed by atoms with van der Waals surface area (Å²) in [6.07, 6.45) is 2.23. The Balaban J connectivity index is 1.94. The van der Waals surface area contributed by atoms with Crippen molar-refractivity contribution in [2.75, 3.05) is 0 Å². The molecule has 0 bridgehead atoms. The highest BCUT2D eigenvalue weighted by Gasteiger charge is 2.50. The maximum atomic E-state index is 2.57. The van der Waals surface area contributed by atoms with Crippen LogP contribution in [0.15, 0.2) is 79.0 Å². The number of pyridine rings is 1. The summed E-state index contributed by atoms with van der Waals surface area (Å²) in [5.74, 6) is 0. The van der Waals surface area contributed by atoms with E-state index in [1.807, 2.05) is 0 Å². The van der Waals surface area contributed by atoms with Gasteiger partial charge < -0.3 is 0 Å². The second kappa shape index (κ2) is 8.50. The van der Waals surface area contributed by atoms with Crippen LogP contribution in [0.2, 0.25) is 16.6 Å². The fourth-order valence-electron chi connectivity index (χ4n) is 5.70. The van der Waals surface area contributed by atoms with Gasteiger partial charge in [-0.2, -0.15) is 0 Å². The summed E-state index contributed by atoms with van der Waals surface area (Å²) in [7, 11) is 0.340. The minimum Gasteiger partial charge on any atom is -0.200 e. The molecule has 0 amide bonds. The van der Waals surface area contributed by atoms with E-state index in [4.69, 9.17) is 0 Å². The molecule has 0 radical (unpaired) electrons. The Morgan fingerprint density at radius 1 is 0.706 bits per heavy atom. The third kappa shape index (κ3) is 4.03. The fraction of sp³-hybridized carbons (Fsp3) is 0.344. The lowest BCUT2D eigenvalue weighted by Gasteiger charge is -2.50. The Kier molecular flexibility index (Phi) is 6.10. The lowest BCUT2D eigenvalue weighted by atomic mass is 9.95. The predicted octanol–water partition coefficient (Wildman–Crippen LogP) is 8.19. The molecule has 34 heavy (non-hydrogen) atoms. The molecule has 0 saturated heterocycles. The third-order valence-electron chi connectivity index (χ3n) is 8.31. The van der Waals surface area contributed by atoms with E-state index in [2.05, 4.69) is 146 Å². The number of hydrogen-bond donors (Lipinski definition) is 0. The van der Waals surface area contributed by atoms with Crippen LogP contribution in [0.1, 0.15) is 47.1 Å². The molecule has 2 heteroatoms. The third-order valence-corrected chi connectivity index (χ3v) is 15.8. The number of aryl methyl sites for hydroxylation is 2. The van der Waals surface area contributed by atoms with Gasteiger partial charge in [0.2, 0.25) is 5.69 Å². The Labute approximate surface area is 207 Å². The van der Waals surface area contributed by atoms with Gasteiger partial charge in [-0.05, 0) is 51.2 Å². The van der Waals surface area contributed by atoms with Crippen LogP contribution in [0.4, 0.5) is 0 Å². The molecular weight excluding hydrogens is 426 g/mol. The summed E-state index contributed by atoms with van der Waals surface area (Å²) in [5, 5.41) is 4.74. The van der Waals surface area contributed by atoms with E-state index in [9.17, 15) is 0 Å². The van der Waals surface area contributed by atoms with Crippen LogP contribution in [0.25, 0.3) is 33.2 Å². The average molecular weight is 467 g/mol. The predicted molar refractivity (Wildman–Crippen MR) is 151 cm³/mol. The summed E-state index contributed by atoms with van der Waals surface area (Å²) >= 11 is 0. The molecule has 4 rings (SSSR count). The molecule has 1 aromatic heterocycles. The summed E-state index contributed by atoms with van der Waals surface area (Å²) < 4.78 is 2.28. The number of nitrogens with zero attached hydrogens (tertiary/aromatic N) is 1. The highest BCUT2D eigenvalue weighted by Crippen LogP contribution is 2.50. The molecule has 4 aromatic rings. The molecule has 0 aliphatic heterocycles. The molecule has 1 heterocycles. The van der Waals surface area contributed by atoms with Crippen molar-refractivity contribution in [2.24, 2.45) is 7.05 Å². The molecule has 0 fully saturated rings. The van der Waals surface area contributed by atoms with Gasteiger partial charge in [0.1, 0.15) is 7.05 Å². The molecule has 0 atom stereocenters.